The van der Waals surface area contributed by atoms with Crippen molar-refractivity contribution in [3.8, 4) is 0 Å². The Bertz CT molecular complexity index is 487. The van der Waals surface area contributed by atoms with Gasteiger partial charge in [-0.25, -0.2) is 0 Å². The maximum absolute atomic E-state index is 9.78. The van der Waals surface area contributed by atoms with Crippen LogP contribution in [0, 0.1) is 35.5 Å². The zero-order valence-electron chi connectivity index (χ0n) is 18.5. The molecule has 6 aliphatic carbocycles. The van der Waals surface area contributed by atoms with Gasteiger partial charge in [0.15, 0.2) is 0 Å². The number of carbonyl (C=O) groups excluding carboxylic acids is 2. The summed E-state index contributed by atoms with van der Waals surface area (Å²) in [6.07, 6.45) is 26.4. The zero-order chi connectivity index (χ0) is 20.1. The summed E-state index contributed by atoms with van der Waals surface area (Å²) >= 11 is 0. The summed E-state index contributed by atoms with van der Waals surface area (Å²) in [6.45, 7) is 0. The Kier molecular flexibility index (Phi) is 7.70. The average molecular weight is 402 g/mol. The van der Waals surface area contributed by atoms with Crippen LogP contribution < -0.4 is 5.32 Å². The number of fused-ring (bicyclic) bond motifs is 7. The standard InChI is InChI=1S/C10H16.C7H12.C6H12.C3H3NO2/c1-2-9-7-4-5-8(6-7)10(9)3-1;1-2-7-4-3-6(1)5-7;1-2-4-6-5-3-1;5-2-1-3(6)4-2/h7-10H,1-6H2;6-7H,1-5H2;1-6H2;1H2,(H,4,5,6). The summed E-state index contributed by atoms with van der Waals surface area (Å²) in [7, 11) is 0. The molecule has 2 amide bonds. The molecule has 7 fully saturated rings. The molecule has 1 aliphatic heterocycles. The van der Waals surface area contributed by atoms with E-state index in [1.54, 1.807) is 70.6 Å². The van der Waals surface area contributed by atoms with E-state index in [1.807, 2.05) is 5.32 Å². The molecular weight excluding hydrogens is 358 g/mol. The van der Waals surface area contributed by atoms with Gasteiger partial charge in [0.2, 0.25) is 11.8 Å². The fourth-order valence-corrected chi connectivity index (χ4v) is 7.54. The molecule has 4 bridgehead atoms. The molecule has 7 rings (SSSR count). The van der Waals surface area contributed by atoms with E-state index in [0.29, 0.717) is 0 Å². The predicted octanol–water partition coefficient (Wildman–Crippen LogP) is 6.40. The van der Waals surface area contributed by atoms with Crippen molar-refractivity contribution < 1.29 is 9.59 Å². The Morgan fingerprint density at radius 3 is 1.21 bits per heavy atom. The predicted molar refractivity (Wildman–Crippen MR) is 117 cm³/mol. The van der Waals surface area contributed by atoms with Gasteiger partial charge in [0, 0.05) is 0 Å². The molecule has 29 heavy (non-hydrogen) atoms. The minimum atomic E-state index is -0.167. The van der Waals surface area contributed by atoms with Crippen LogP contribution in [0.3, 0.4) is 0 Å². The Hall–Kier alpha value is -0.860. The summed E-state index contributed by atoms with van der Waals surface area (Å²) in [6, 6.07) is 0. The van der Waals surface area contributed by atoms with Crippen molar-refractivity contribution in [2.24, 2.45) is 35.5 Å². The second-order valence-corrected chi connectivity index (χ2v) is 11.0. The number of hydrogen-bond acceptors (Lipinski definition) is 2. The van der Waals surface area contributed by atoms with Gasteiger partial charge in [-0.1, -0.05) is 70.6 Å². The first-order valence-corrected chi connectivity index (χ1v) is 13.0. The first-order valence-electron chi connectivity index (χ1n) is 13.0. The largest absolute Gasteiger partial charge is 0.296 e. The molecule has 3 heteroatoms. The van der Waals surface area contributed by atoms with Crippen molar-refractivity contribution in [3.05, 3.63) is 0 Å². The third-order valence-corrected chi connectivity index (χ3v) is 9.08. The zero-order valence-corrected chi connectivity index (χ0v) is 18.5. The molecule has 164 valence electrons. The first kappa shape index (κ1) is 21.4. The van der Waals surface area contributed by atoms with Gasteiger partial charge in [-0.05, 0) is 74.0 Å². The highest BCUT2D eigenvalue weighted by Crippen LogP contribution is 2.58. The smallest absolute Gasteiger partial charge is 0.236 e. The van der Waals surface area contributed by atoms with E-state index >= 15 is 0 Å². The van der Waals surface area contributed by atoms with Crippen LogP contribution in [0.4, 0.5) is 0 Å². The van der Waals surface area contributed by atoms with E-state index in [1.165, 1.54) is 74.0 Å². The summed E-state index contributed by atoms with van der Waals surface area (Å²) < 4.78 is 0. The summed E-state index contributed by atoms with van der Waals surface area (Å²) in [5.74, 6) is 6.81. The van der Waals surface area contributed by atoms with E-state index in [4.69, 9.17) is 0 Å². The highest BCUT2D eigenvalue weighted by Gasteiger charge is 2.48. The van der Waals surface area contributed by atoms with Crippen molar-refractivity contribution in [2.75, 3.05) is 0 Å². The van der Waals surface area contributed by atoms with Gasteiger partial charge in [-0.15, -0.1) is 0 Å². The van der Waals surface area contributed by atoms with E-state index in [9.17, 15) is 9.59 Å². The summed E-state index contributed by atoms with van der Waals surface area (Å²) in [5.41, 5.74) is 0. The monoisotopic (exact) mass is 401 g/mol. The first-order chi connectivity index (χ1) is 14.2. The second kappa shape index (κ2) is 10.4. The molecule has 0 aromatic heterocycles. The van der Waals surface area contributed by atoms with Crippen molar-refractivity contribution in [1.82, 2.24) is 5.32 Å². The quantitative estimate of drug-likeness (QED) is 0.377. The van der Waals surface area contributed by atoms with Crippen LogP contribution in [0.15, 0.2) is 0 Å². The third kappa shape index (κ3) is 5.85. The summed E-state index contributed by atoms with van der Waals surface area (Å²) in [5, 5.41) is 2.03. The highest BCUT2D eigenvalue weighted by atomic mass is 16.2. The van der Waals surface area contributed by atoms with Gasteiger partial charge in [0.1, 0.15) is 6.42 Å². The maximum Gasteiger partial charge on any atom is 0.236 e. The molecule has 0 aromatic carbocycles. The molecule has 1 saturated heterocycles. The number of amides is 2. The molecule has 1 N–H and O–H groups in total. The molecule has 3 nitrogen and oxygen atoms in total. The SMILES string of the molecule is C1CC2C3CCC(C3)C2C1.C1CC2CCC1C2.C1CCCCC1.O=C1CC(=O)N1. The minimum Gasteiger partial charge on any atom is -0.296 e. The van der Waals surface area contributed by atoms with Crippen LogP contribution in [0.5, 0.6) is 0 Å². The maximum atomic E-state index is 9.78. The van der Waals surface area contributed by atoms with Gasteiger partial charge in [0.25, 0.3) is 0 Å². The van der Waals surface area contributed by atoms with Crippen molar-refractivity contribution in [3.63, 3.8) is 0 Å². The van der Waals surface area contributed by atoms with E-state index in [-0.39, 0.29) is 18.2 Å². The Labute approximate surface area is 178 Å². The van der Waals surface area contributed by atoms with E-state index in [2.05, 4.69) is 0 Å². The fraction of sp³-hybridized carbons (Fsp3) is 0.923. The lowest BCUT2D eigenvalue weighted by Gasteiger charge is -2.23. The van der Waals surface area contributed by atoms with Crippen LogP contribution in [0.1, 0.15) is 116 Å². The molecule has 0 spiro atoms. The number of imide groups is 1. The van der Waals surface area contributed by atoms with Crippen LogP contribution in [-0.4, -0.2) is 11.8 Å². The summed E-state index contributed by atoms with van der Waals surface area (Å²) in [4.78, 5) is 19.6. The molecule has 4 atom stereocenters. The minimum absolute atomic E-state index is 0.0833. The van der Waals surface area contributed by atoms with E-state index < -0.39 is 0 Å². The van der Waals surface area contributed by atoms with Crippen molar-refractivity contribution >= 4 is 11.8 Å². The van der Waals surface area contributed by atoms with Gasteiger partial charge in [-0.3, -0.25) is 14.9 Å². The van der Waals surface area contributed by atoms with Crippen LogP contribution in [0.25, 0.3) is 0 Å². The lowest BCUT2D eigenvalue weighted by molar-refractivity contribution is -0.140. The molecule has 0 aromatic rings. The van der Waals surface area contributed by atoms with Gasteiger partial charge in [-0.2, -0.15) is 0 Å². The van der Waals surface area contributed by atoms with E-state index in [0.717, 1.165) is 0 Å². The molecule has 0 radical (unpaired) electrons. The highest BCUT2D eigenvalue weighted by molar-refractivity contribution is 6.14. The lowest BCUT2D eigenvalue weighted by atomic mass is 9.82. The van der Waals surface area contributed by atoms with Crippen LogP contribution in [0.2, 0.25) is 0 Å². The number of carbonyl (C=O) groups is 2. The number of rotatable bonds is 0. The lowest BCUT2D eigenvalue weighted by Crippen LogP contribution is -2.43. The Morgan fingerprint density at radius 1 is 0.517 bits per heavy atom. The average Bonchev–Trinajstić information content (AvgIpc) is 3.56. The third-order valence-electron chi connectivity index (χ3n) is 9.08. The molecule has 7 aliphatic rings. The Balaban J connectivity index is 0.0000000971. The molecule has 6 saturated carbocycles. The Morgan fingerprint density at radius 2 is 0.931 bits per heavy atom. The van der Waals surface area contributed by atoms with Gasteiger partial charge in [0.05, 0.1) is 0 Å². The molecule has 1 heterocycles. The second-order valence-electron chi connectivity index (χ2n) is 11.0. The van der Waals surface area contributed by atoms with Crippen molar-refractivity contribution in [2.45, 2.75) is 116 Å². The molecule has 4 unspecified atom stereocenters. The number of β-lactam (4-membered cyclic amide) rings is 2. The van der Waals surface area contributed by atoms with Gasteiger partial charge < -0.3 is 0 Å². The number of hydrogen-bond donors (Lipinski definition) is 1. The van der Waals surface area contributed by atoms with Gasteiger partial charge >= 0.3 is 0 Å². The topological polar surface area (TPSA) is 46.2 Å². The number of nitrogens with one attached hydrogen (secondary N) is 1. The fourth-order valence-electron chi connectivity index (χ4n) is 7.54. The van der Waals surface area contributed by atoms with Crippen LogP contribution >= 0.6 is 0 Å². The van der Waals surface area contributed by atoms with Crippen LogP contribution in [-0.2, 0) is 9.59 Å². The molecular formula is C26H43NO2. The normalized spacial score (nSPS) is 40.4. The van der Waals surface area contributed by atoms with Crippen molar-refractivity contribution in [1.29, 1.82) is 0 Å².